The Bertz CT molecular complexity index is 900. The molecule has 114 valence electrons. The summed E-state index contributed by atoms with van der Waals surface area (Å²) in [4.78, 5) is 4.17. The van der Waals surface area contributed by atoms with Gasteiger partial charge in [0.05, 0.1) is 0 Å². The fourth-order valence-electron chi connectivity index (χ4n) is 1.72. The molecule has 0 unspecified atom stereocenters. The molecule has 3 rings (SSSR count). The first kappa shape index (κ1) is 14.8. The van der Waals surface area contributed by atoms with Crippen LogP contribution in [0.4, 0.5) is 0 Å². The van der Waals surface area contributed by atoms with E-state index in [4.69, 9.17) is 20.5 Å². The van der Waals surface area contributed by atoms with Crippen molar-refractivity contribution in [2.75, 3.05) is 7.05 Å². The molecule has 0 aliphatic rings. The van der Waals surface area contributed by atoms with Crippen molar-refractivity contribution in [2.24, 2.45) is 0 Å². The molecule has 0 bridgehead atoms. The lowest BCUT2D eigenvalue weighted by Crippen LogP contribution is -2.17. The predicted octanol–water partition coefficient (Wildman–Crippen LogP) is 2.56. The van der Waals surface area contributed by atoms with E-state index in [-0.39, 0.29) is 16.7 Å². The van der Waals surface area contributed by atoms with Gasteiger partial charge in [0.1, 0.15) is 0 Å². The Kier molecular flexibility index (Phi) is 3.73. The minimum absolute atomic E-state index is 0.0857. The smallest absolute Gasteiger partial charge is 0.293 e. The normalized spacial score (nSPS) is 11.7. The van der Waals surface area contributed by atoms with Crippen LogP contribution in [0.3, 0.4) is 0 Å². The second kappa shape index (κ2) is 5.56. The third-order valence-corrected chi connectivity index (χ3v) is 4.39. The van der Waals surface area contributed by atoms with Crippen LogP contribution in [0.25, 0.3) is 23.0 Å². The molecule has 0 amide bonds. The van der Waals surface area contributed by atoms with Crippen molar-refractivity contribution >= 4 is 21.6 Å². The van der Waals surface area contributed by atoms with E-state index in [0.717, 1.165) is 0 Å². The van der Waals surface area contributed by atoms with Crippen LogP contribution in [0.5, 0.6) is 0 Å². The van der Waals surface area contributed by atoms with Crippen molar-refractivity contribution in [3.05, 3.63) is 41.4 Å². The summed E-state index contributed by atoms with van der Waals surface area (Å²) in [7, 11) is -2.36. The molecular weight excluding hydrogens is 330 g/mol. The quantitative estimate of drug-likeness (QED) is 0.784. The Hall–Kier alpha value is -2.16. The molecule has 0 spiro atoms. The summed E-state index contributed by atoms with van der Waals surface area (Å²) < 4.78 is 35.7. The summed E-state index contributed by atoms with van der Waals surface area (Å²) in [6.07, 6.45) is 0. The molecule has 0 aliphatic carbocycles. The van der Waals surface area contributed by atoms with Gasteiger partial charge in [-0.3, -0.25) is 0 Å². The third-order valence-electron chi connectivity index (χ3n) is 2.85. The third kappa shape index (κ3) is 2.76. The second-order valence-corrected chi connectivity index (χ2v) is 6.51. The SMILES string of the molecule is CNS(=O)(=O)c1ccc(-c2nc(-c3ccc(Cl)cc3)no2)o1. The molecule has 3 aromatic rings. The van der Waals surface area contributed by atoms with Gasteiger partial charge in [0, 0.05) is 10.6 Å². The highest BCUT2D eigenvalue weighted by molar-refractivity contribution is 7.89. The molecule has 9 heteroatoms. The van der Waals surface area contributed by atoms with Crippen molar-refractivity contribution < 1.29 is 17.4 Å². The van der Waals surface area contributed by atoms with Crippen LogP contribution in [0.2, 0.25) is 5.02 Å². The van der Waals surface area contributed by atoms with E-state index < -0.39 is 10.0 Å². The van der Waals surface area contributed by atoms with Crippen LogP contribution < -0.4 is 4.72 Å². The molecule has 22 heavy (non-hydrogen) atoms. The van der Waals surface area contributed by atoms with Gasteiger partial charge in [-0.1, -0.05) is 16.8 Å². The predicted molar refractivity (Wildman–Crippen MR) is 78.7 cm³/mol. The lowest BCUT2D eigenvalue weighted by Gasteiger charge is -1.95. The Morgan fingerprint density at radius 1 is 1.14 bits per heavy atom. The van der Waals surface area contributed by atoms with Crippen molar-refractivity contribution in [3.63, 3.8) is 0 Å². The molecular formula is C13H10ClN3O4S. The number of halogens is 1. The molecule has 1 aromatic carbocycles. The molecule has 2 aromatic heterocycles. The van der Waals surface area contributed by atoms with E-state index in [1.54, 1.807) is 24.3 Å². The lowest BCUT2D eigenvalue weighted by atomic mass is 10.2. The van der Waals surface area contributed by atoms with Crippen LogP contribution in [-0.4, -0.2) is 25.6 Å². The molecule has 0 fully saturated rings. The fraction of sp³-hybridized carbons (Fsp3) is 0.0769. The van der Waals surface area contributed by atoms with Crippen LogP contribution in [0.15, 0.2) is 50.4 Å². The van der Waals surface area contributed by atoms with Crippen molar-refractivity contribution in [3.8, 4) is 23.0 Å². The zero-order chi connectivity index (χ0) is 15.7. The largest absolute Gasteiger partial charge is 0.438 e. The van der Waals surface area contributed by atoms with Gasteiger partial charge in [0.25, 0.3) is 15.9 Å². The maximum Gasteiger partial charge on any atom is 0.293 e. The van der Waals surface area contributed by atoms with Gasteiger partial charge in [-0.15, -0.1) is 0 Å². The Morgan fingerprint density at radius 2 is 1.86 bits per heavy atom. The molecule has 1 N–H and O–H groups in total. The number of benzene rings is 1. The maximum atomic E-state index is 11.6. The Balaban J connectivity index is 1.93. The molecule has 2 heterocycles. The Labute approximate surface area is 131 Å². The van der Waals surface area contributed by atoms with Gasteiger partial charge in [0.2, 0.25) is 10.9 Å². The zero-order valence-electron chi connectivity index (χ0n) is 11.3. The van der Waals surface area contributed by atoms with Gasteiger partial charge in [-0.2, -0.15) is 4.98 Å². The topological polar surface area (TPSA) is 98.2 Å². The van der Waals surface area contributed by atoms with Crippen LogP contribution in [-0.2, 0) is 10.0 Å². The number of hydrogen-bond donors (Lipinski definition) is 1. The number of sulfonamides is 1. The molecule has 0 aliphatic heterocycles. The first-order valence-electron chi connectivity index (χ1n) is 6.13. The average molecular weight is 340 g/mol. The maximum absolute atomic E-state index is 11.6. The van der Waals surface area contributed by atoms with Gasteiger partial charge in [-0.05, 0) is 43.4 Å². The van der Waals surface area contributed by atoms with Crippen LogP contribution >= 0.6 is 11.6 Å². The zero-order valence-corrected chi connectivity index (χ0v) is 12.9. The van der Waals surface area contributed by atoms with E-state index in [0.29, 0.717) is 16.4 Å². The van der Waals surface area contributed by atoms with Gasteiger partial charge in [-0.25, -0.2) is 13.1 Å². The van der Waals surface area contributed by atoms with Gasteiger partial charge < -0.3 is 8.94 Å². The van der Waals surface area contributed by atoms with Crippen molar-refractivity contribution in [2.45, 2.75) is 5.09 Å². The number of hydrogen-bond acceptors (Lipinski definition) is 6. The summed E-state index contributed by atoms with van der Waals surface area (Å²) in [5, 5.41) is 4.20. The summed E-state index contributed by atoms with van der Waals surface area (Å²) in [5.74, 6) is 0.602. The number of nitrogens with zero attached hydrogens (tertiary/aromatic N) is 2. The summed E-state index contributed by atoms with van der Waals surface area (Å²) in [5.41, 5.74) is 0.717. The molecule has 0 saturated heterocycles. The number of furan rings is 1. The van der Waals surface area contributed by atoms with E-state index in [1.807, 2.05) is 0 Å². The molecule has 0 atom stereocenters. The standard InChI is InChI=1S/C13H10ClN3O4S/c1-15-22(18,19)11-7-6-10(20-11)13-16-12(17-21-13)8-2-4-9(14)5-3-8/h2-7,15H,1H3. The summed E-state index contributed by atoms with van der Waals surface area (Å²) >= 11 is 5.82. The van der Waals surface area contributed by atoms with E-state index >= 15 is 0 Å². The van der Waals surface area contributed by atoms with Gasteiger partial charge in [0.15, 0.2) is 5.76 Å². The fourth-order valence-corrected chi connectivity index (χ4v) is 2.49. The molecule has 0 saturated carbocycles. The lowest BCUT2D eigenvalue weighted by molar-refractivity contribution is 0.399. The Morgan fingerprint density at radius 3 is 2.55 bits per heavy atom. The van der Waals surface area contributed by atoms with E-state index in [1.165, 1.54) is 19.2 Å². The average Bonchev–Trinajstić information content (AvgIpc) is 3.17. The van der Waals surface area contributed by atoms with Crippen LogP contribution in [0.1, 0.15) is 0 Å². The number of nitrogens with one attached hydrogen (secondary N) is 1. The van der Waals surface area contributed by atoms with Crippen molar-refractivity contribution in [1.82, 2.24) is 14.9 Å². The minimum Gasteiger partial charge on any atom is -0.438 e. The molecule has 0 radical (unpaired) electrons. The minimum atomic E-state index is -3.66. The van der Waals surface area contributed by atoms with Crippen molar-refractivity contribution in [1.29, 1.82) is 0 Å². The van der Waals surface area contributed by atoms with E-state index in [2.05, 4.69) is 14.9 Å². The molecule has 7 nitrogen and oxygen atoms in total. The highest BCUT2D eigenvalue weighted by Gasteiger charge is 2.20. The summed E-state index contributed by atoms with van der Waals surface area (Å²) in [6.45, 7) is 0. The second-order valence-electron chi connectivity index (χ2n) is 4.26. The first-order valence-corrected chi connectivity index (χ1v) is 7.99. The monoisotopic (exact) mass is 339 g/mol. The summed E-state index contributed by atoms with van der Waals surface area (Å²) in [6, 6.07) is 9.66. The van der Waals surface area contributed by atoms with Gasteiger partial charge >= 0.3 is 0 Å². The number of aromatic nitrogens is 2. The first-order chi connectivity index (χ1) is 10.5. The van der Waals surface area contributed by atoms with E-state index in [9.17, 15) is 8.42 Å². The number of rotatable bonds is 4. The highest BCUT2D eigenvalue weighted by atomic mass is 35.5. The highest BCUT2D eigenvalue weighted by Crippen LogP contribution is 2.26. The van der Waals surface area contributed by atoms with Crippen LogP contribution in [0, 0.1) is 0 Å².